The minimum Gasteiger partial charge on any atom is -0.468 e. The van der Waals surface area contributed by atoms with Crippen molar-refractivity contribution < 1.29 is 42.9 Å². The topological polar surface area (TPSA) is 122 Å². The van der Waals surface area contributed by atoms with Gasteiger partial charge in [0.2, 0.25) is 0 Å². The van der Waals surface area contributed by atoms with Crippen molar-refractivity contribution in [2.45, 2.75) is 71.7 Å². The molecule has 0 amide bonds. The lowest BCUT2D eigenvalue weighted by Gasteiger charge is -2.65. The molecule has 0 aromatic heterocycles. The van der Waals surface area contributed by atoms with Gasteiger partial charge in [-0.1, -0.05) is 20.8 Å². The molecule has 2 saturated carbocycles. The van der Waals surface area contributed by atoms with E-state index in [0.717, 1.165) is 0 Å². The van der Waals surface area contributed by atoms with E-state index in [1.807, 2.05) is 13.8 Å². The molecule has 0 aromatic carbocycles. The van der Waals surface area contributed by atoms with Crippen molar-refractivity contribution in [1.82, 2.24) is 0 Å². The van der Waals surface area contributed by atoms with Crippen LogP contribution in [-0.2, 0) is 42.9 Å². The molecule has 0 aromatic rings. The first-order valence-electron chi connectivity index (χ1n) is 11.2. The van der Waals surface area contributed by atoms with Crippen LogP contribution in [0.1, 0.15) is 53.9 Å². The molecule has 0 spiro atoms. The summed E-state index contributed by atoms with van der Waals surface area (Å²) >= 11 is 0. The van der Waals surface area contributed by atoms with Gasteiger partial charge in [0.1, 0.15) is 17.6 Å². The smallest absolute Gasteiger partial charge is 0.377 e. The van der Waals surface area contributed by atoms with Crippen LogP contribution in [0.4, 0.5) is 0 Å². The summed E-state index contributed by atoms with van der Waals surface area (Å²) in [5, 5.41) is 0. The molecule has 5 rings (SSSR count). The molecule has 3 aliphatic carbocycles. The Hall–Kier alpha value is -2.71. The summed E-state index contributed by atoms with van der Waals surface area (Å²) in [7, 11) is 1.18. The number of rotatable bonds is 2. The molecule has 0 radical (unpaired) electrons. The van der Waals surface area contributed by atoms with Crippen LogP contribution >= 0.6 is 0 Å². The molecule has 2 saturated heterocycles. The van der Waals surface area contributed by atoms with E-state index in [0.29, 0.717) is 12.0 Å². The molecule has 2 heterocycles. The van der Waals surface area contributed by atoms with E-state index in [-0.39, 0.29) is 12.8 Å². The number of methoxy groups -OCH3 is 1. The quantitative estimate of drug-likeness (QED) is 0.199. The number of esters is 4. The summed E-state index contributed by atoms with van der Waals surface area (Å²) in [5.41, 5.74) is -6.43. The van der Waals surface area contributed by atoms with Crippen molar-refractivity contribution in [2.75, 3.05) is 7.11 Å². The van der Waals surface area contributed by atoms with E-state index in [1.54, 1.807) is 19.9 Å². The monoisotopic (exact) mass is 460 g/mol. The molecule has 7 atom stereocenters. The van der Waals surface area contributed by atoms with E-state index >= 15 is 0 Å². The fourth-order valence-corrected chi connectivity index (χ4v) is 8.45. The summed E-state index contributed by atoms with van der Waals surface area (Å²) in [4.78, 5) is 65.1. The van der Waals surface area contributed by atoms with Gasteiger partial charge in [-0.05, 0) is 37.8 Å². The maximum atomic E-state index is 13.7. The Balaban J connectivity index is 1.79. The predicted molar refractivity (Wildman–Crippen MR) is 109 cm³/mol. The van der Waals surface area contributed by atoms with E-state index in [4.69, 9.17) is 18.9 Å². The largest absolute Gasteiger partial charge is 0.468 e. The second-order valence-electron chi connectivity index (χ2n) is 10.9. The van der Waals surface area contributed by atoms with Gasteiger partial charge in [0.15, 0.2) is 11.0 Å². The molecule has 4 fully saturated rings. The molecule has 4 bridgehead atoms. The summed E-state index contributed by atoms with van der Waals surface area (Å²) in [6.07, 6.45) is 1.17. The van der Waals surface area contributed by atoms with Crippen molar-refractivity contribution in [3.05, 3.63) is 11.6 Å². The lowest BCUT2D eigenvalue weighted by Crippen LogP contribution is -2.77. The lowest BCUT2D eigenvalue weighted by atomic mass is 9.37. The van der Waals surface area contributed by atoms with Gasteiger partial charge in [0, 0.05) is 23.7 Å². The number of ether oxygens (including phenoxy) is 4. The molecule has 0 N–H and O–H groups in total. The summed E-state index contributed by atoms with van der Waals surface area (Å²) in [5.74, 6) is -4.37. The number of ketones is 1. The molecule has 33 heavy (non-hydrogen) atoms. The normalized spacial score (nSPS) is 46.4. The molecular weight excluding hydrogens is 432 g/mol. The summed E-state index contributed by atoms with van der Waals surface area (Å²) < 4.78 is 22.6. The highest BCUT2D eigenvalue weighted by Gasteiger charge is 2.90. The van der Waals surface area contributed by atoms with Crippen LogP contribution in [0.25, 0.3) is 0 Å². The third kappa shape index (κ3) is 1.97. The van der Waals surface area contributed by atoms with Gasteiger partial charge in [-0.3, -0.25) is 19.2 Å². The van der Waals surface area contributed by atoms with Crippen LogP contribution < -0.4 is 0 Å². The zero-order valence-corrected chi connectivity index (χ0v) is 19.6. The van der Waals surface area contributed by atoms with Gasteiger partial charge in [-0.2, -0.15) is 0 Å². The number of hydrogen-bond donors (Lipinski definition) is 0. The molecule has 9 nitrogen and oxygen atoms in total. The van der Waals surface area contributed by atoms with Gasteiger partial charge >= 0.3 is 23.9 Å². The third-order valence-electron chi connectivity index (χ3n) is 9.47. The molecule has 0 unspecified atom stereocenters. The van der Waals surface area contributed by atoms with Gasteiger partial charge in [0.05, 0.1) is 7.11 Å². The average molecular weight is 460 g/mol. The number of carbonyl (C=O) groups is 5. The Labute approximate surface area is 191 Å². The number of Topliss-reactive ketones (excluding diaryl/α,β-unsaturated/α-hetero) is 1. The van der Waals surface area contributed by atoms with Gasteiger partial charge < -0.3 is 18.9 Å². The first-order chi connectivity index (χ1) is 15.3. The van der Waals surface area contributed by atoms with Crippen LogP contribution in [0.2, 0.25) is 0 Å². The maximum absolute atomic E-state index is 13.7. The number of hydrogen-bond acceptors (Lipinski definition) is 9. The molecular formula is C24H28O9. The fraction of sp³-hybridized carbons (Fsp3) is 0.708. The van der Waals surface area contributed by atoms with Crippen LogP contribution in [0, 0.1) is 27.6 Å². The Kier molecular flexibility index (Phi) is 4.05. The highest BCUT2D eigenvalue weighted by molar-refractivity contribution is 6.42. The standard InChI is InChI=1S/C24H28O9/c1-11-9-23-21(5,24(11,19(29)30-6)16(26)17(27)33-23)10-13-15-20(3,4)14(31-12(2)25)7-8-22(15,23)18(28)32-13/h9,13-15H,7-8,10H2,1-6H3/t13-,14-,15+,21-,22+,23-,24-/m0/s1. The van der Waals surface area contributed by atoms with Crippen molar-refractivity contribution in [3.63, 3.8) is 0 Å². The van der Waals surface area contributed by atoms with Crippen molar-refractivity contribution >= 4 is 29.7 Å². The zero-order chi connectivity index (χ0) is 24.4. The van der Waals surface area contributed by atoms with Crippen molar-refractivity contribution in [1.29, 1.82) is 0 Å². The Morgan fingerprint density at radius 3 is 2.42 bits per heavy atom. The second-order valence-corrected chi connectivity index (χ2v) is 10.9. The summed E-state index contributed by atoms with van der Waals surface area (Å²) in [6, 6.07) is 0. The van der Waals surface area contributed by atoms with Crippen LogP contribution in [0.5, 0.6) is 0 Å². The Bertz CT molecular complexity index is 1070. The first kappa shape index (κ1) is 22.1. The Morgan fingerprint density at radius 2 is 1.82 bits per heavy atom. The lowest BCUT2D eigenvalue weighted by molar-refractivity contribution is -0.265. The molecule has 2 aliphatic heterocycles. The van der Waals surface area contributed by atoms with Crippen LogP contribution in [0.3, 0.4) is 0 Å². The highest BCUT2D eigenvalue weighted by atomic mass is 16.6. The zero-order valence-electron chi connectivity index (χ0n) is 19.6. The molecule has 9 heteroatoms. The average Bonchev–Trinajstić information content (AvgIpc) is 3.04. The van der Waals surface area contributed by atoms with E-state index < -0.39 is 75.0 Å². The SMILES string of the molecule is COC(=O)[C@@]12C(=O)C(=O)O[C@@]3(C=C1C)[C@]2(C)C[C@@H]1OC(=O)[C@]32CC[C@H](OC(C)=O)C(C)(C)[C@@H]12. The maximum Gasteiger partial charge on any atom is 0.377 e. The van der Waals surface area contributed by atoms with Gasteiger partial charge in [-0.15, -0.1) is 0 Å². The summed E-state index contributed by atoms with van der Waals surface area (Å²) in [6.45, 7) is 8.52. The van der Waals surface area contributed by atoms with Crippen molar-refractivity contribution in [3.8, 4) is 0 Å². The predicted octanol–water partition coefficient (Wildman–Crippen LogP) is 1.66. The number of carbonyl (C=O) groups excluding carboxylic acids is 5. The van der Waals surface area contributed by atoms with E-state index in [9.17, 15) is 24.0 Å². The fourth-order valence-electron chi connectivity index (χ4n) is 8.45. The Morgan fingerprint density at radius 1 is 1.15 bits per heavy atom. The van der Waals surface area contributed by atoms with Gasteiger partial charge in [0.25, 0.3) is 5.78 Å². The highest BCUT2D eigenvalue weighted by Crippen LogP contribution is 2.79. The third-order valence-corrected chi connectivity index (χ3v) is 9.47. The van der Waals surface area contributed by atoms with Crippen molar-refractivity contribution in [2.24, 2.45) is 27.6 Å². The van der Waals surface area contributed by atoms with Crippen LogP contribution in [-0.4, -0.2) is 54.6 Å². The second kappa shape index (κ2) is 6.04. The van der Waals surface area contributed by atoms with Crippen LogP contribution in [0.15, 0.2) is 11.6 Å². The molecule has 5 aliphatic rings. The minimum atomic E-state index is -1.89. The van der Waals surface area contributed by atoms with E-state index in [2.05, 4.69) is 0 Å². The molecule has 178 valence electrons. The van der Waals surface area contributed by atoms with Gasteiger partial charge in [-0.25, -0.2) is 4.79 Å². The van der Waals surface area contributed by atoms with E-state index in [1.165, 1.54) is 14.0 Å². The first-order valence-corrected chi connectivity index (χ1v) is 11.2. The minimum absolute atomic E-state index is 0.114.